The van der Waals surface area contributed by atoms with Gasteiger partial charge < -0.3 is 9.84 Å². The lowest BCUT2D eigenvalue weighted by atomic mass is 10.3. The van der Waals surface area contributed by atoms with Crippen molar-refractivity contribution in [2.75, 3.05) is 6.61 Å². The maximum absolute atomic E-state index is 11.2. The third kappa shape index (κ3) is 2.54. The standard InChI is InChI=1S/C9H12O3S/c1-3-12-9(11)8-5-4-7(13-8)6(2)10/h4-6,10H,3H2,1-2H3/t6-/m1/s1. The summed E-state index contributed by atoms with van der Waals surface area (Å²) < 4.78 is 4.81. The number of carbonyl (C=O) groups excluding carboxylic acids is 1. The molecule has 0 radical (unpaired) electrons. The monoisotopic (exact) mass is 200 g/mol. The molecule has 0 aromatic carbocycles. The zero-order valence-electron chi connectivity index (χ0n) is 7.61. The molecule has 0 saturated heterocycles. The summed E-state index contributed by atoms with van der Waals surface area (Å²) in [4.78, 5) is 12.5. The first-order chi connectivity index (χ1) is 6.15. The van der Waals surface area contributed by atoms with Crippen molar-refractivity contribution in [2.24, 2.45) is 0 Å². The molecular weight excluding hydrogens is 188 g/mol. The zero-order valence-corrected chi connectivity index (χ0v) is 8.43. The summed E-state index contributed by atoms with van der Waals surface area (Å²) in [5.41, 5.74) is 0. The number of aliphatic hydroxyl groups excluding tert-OH is 1. The van der Waals surface area contributed by atoms with E-state index in [1.165, 1.54) is 11.3 Å². The predicted molar refractivity (Wildman–Crippen MR) is 50.9 cm³/mol. The number of thiophene rings is 1. The van der Waals surface area contributed by atoms with E-state index >= 15 is 0 Å². The summed E-state index contributed by atoms with van der Waals surface area (Å²) in [6, 6.07) is 3.41. The molecule has 72 valence electrons. The SMILES string of the molecule is CCOC(=O)c1ccc([C@@H](C)O)s1. The van der Waals surface area contributed by atoms with Gasteiger partial charge in [0.2, 0.25) is 0 Å². The average Bonchev–Trinajstić information content (AvgIpc) is 2.52. The molecule has 0 unspecified atom stereocenters. The van der Waals surface area contributed by atoms with Gasteiger partial charge in [0.05, 0.1) is 12.7 Å². The van der Waals surface area contributed by atoms with Gasteiger partial charge in [-0.15, -0.1) is 11.3 Å². The summed E-state index contributed by atoms with van der Waals surface area (Å²) >= 11 is 1.26. The van der Waals surface area contributed by atoms with Crippen LogP contribution in [0.3, 0.4) is 0 Å². The summed E-state index contributed by atoms with van der Waals surface area (Å²) in [5.74, 6) is -0.320. The fourth-order valence-corrected chi connectivity index (χ4v) is 1.73. The Morgan fingerprint density at radius 1 is 1.69 bits per heavy atom. The molecule has 0 fully saturated rings. The van der Waals surface area contributed by atoms with Gasteiger partial charge in [-0.1, -0.05) is 0 Å². The van der Waals surface area contributed by atoms with Gasteiger partial charge in [-0.25, -0.2) is 4.79 Å². The first-order valence-electron chi connectivity index (χ1n) is 4.10. The van der Waals surface area contributed by atoms with Crippen molar-refractivity contribution < 1.29 is 14.6 Å². The smallest absolute Gasteiger partial charge is 0.348 e. The van der Waals surface area contributed by atoms with Gasteiger partial charge in [0.25, 0.3) is 0 Å². The Balaban J connectivity index is 2.73. The van der Waals surface area contributed by atoms with Crippen molar-refractivity contribution in [1.82, 2.24) is 0 Å². The van der Waals surface area contributed by atoms with Crippen LogP contribution in [-0.2, 0) is 4.74 Å². The summed E-state index contributed by atoms with van der Waals surface area (Å²) in [7, 11) is 0. The van der Waals surface area contributed by atoms with Crippen LogP contribution in [0.5, 0.6) is 0 Å². The van der Waals surface area contributed by atoms with Crippen molar-refractivity contribution in [3.05, 3.63) is 21.9 Å². The number of carbonyl (C=O) groups is 1. The Hall–Kier alpha value is -0.870. The molecule has 1 atom stereocenters. The van der Waals surface area contributed by atoms with E-state index in [1.54, 1.807) is 26.0 Å². The average molecular weight is 200 g/mol. The highest BCUT2D eigenvalue weighted by Gasteiger charge is 2.11. The first-order valence-corrected chi connectivity index (χ1v) is 4.91. The quantitative estimate of drug-likeness (QED) is 0.759. The lowest BCUT2D eigenvalue weighted by Gasteiger charge is -1.98. The summed E-state index contributed by atoms with van der Waals surface area (Å²) in [5, 5.41) is 9.21. The molecule has 1 aromatic rings. The molecule has 0 aliphatic heterocycles. The van der Waals surface area contributed by atoms with Gasteiger partial charge in [0, 0.05) is 4.88 Å². The summed E-state index contributed by atoms with van der Waals surface area (Å²) in [6.45, 7) is 3.81. The van der Waals surface area contributed by atoms with Crippen molar-refractivity contribution in [2.45, 2.75) is 20.0 Å². The second-order valence-corrected chi connectivity index (χ2v) is 3.71. The molecule has 0 amide bonds. The molecule has 1 N–H and O–H groups in total. The molecule has 0 spiro atoms. The van der Waals surface area contributed by atoms with Crippen LogP contribution < -0.4 is 0 Å². The van der Waals surface area contributed by atoms with Crippen LogP contribution in [0, 0.1) is 0 Å². The molecular formula is C9H12O3S. The highest BCUT2D eigenvalue weighted by Crippen LogP contribution is 2.23. The molecule has 1 rings (SSSR count). The van der Waals surface area contributed by atoms with Crippen molar-refractivity contribution in [3.8, 4) is 0 Å². The Morgan fingerprint density at radius 2 is 2.38 bits per heavy atom. The van der Waals surface area contributed by atoms with Crippen molar-refractivity contribution in [1.29, 1.82) is 0 Å². The minimum absolute atomic E-state index is 0.320. The number of hydrogen-bond acceptors (Lipinski definition) is 4. The molecule has 0 aliphatic rings. The third-order valence-corrected chi connectivity index (χ3v) is 2.75. The van der Waals surface area contributed by atoms with Crippen LogP contribution >= 0.6 is 11.3 Å². The maximum Gasteiger partial charge on any atom is 0.348 e. The van der Waals surface area contributed by atoms with E-state index in [9.17, 15) is 9.90 Å². The molecule has 4 heteroatoms. The third-order valence-electron chi connectivity index (χ3n) is 1.52. The maximum atomic E-state index is 11.2. The molecule has 13 heavy (non-hydrogen) atoms. The van der Waals surface area contributed by atoms with E-state index in [0.29, 0.717) is 11.5 Å². The first kappa shape index (κ1) is 10.2. The minimum atomic E-state index is -0.520. The van der Waals surface area contributed by atoms with E-state index in [0.717, 1.165) is 4.88 Å². The number of rotatable bonds is 3. The second-order valence-electron chi connectivity index (χ2n) is 2.60. The van der Waals surface area contributed by atoms with Crippen LogP contribution in [-0.4, -0.2) is 17.7 Å². The van der Waals surface area contributed by atoms with Crippen molar-refractivity contribution >= 4 is 17.3 Å². The number of ether oxygens (including phenoxy) is 1. The molecule has 0 aliphatic carbocycles. The zero-order chi connectivity index (χ0) is 9.84. The normalized spacial score (nSPS) is 12.5. The van der Waals surface area contributed by atoms with Crippen LogP contribution in [0.2, 0.25) is 0 Å². The van der Waals surface area contributed by atoms with Gasteiger partial charge in [0.1, 0.15) is 4.88 Å². The van der Waals surface area contributed by atoms with E-state index < -0.39 is 6.10 Å². The van der Waals surface area contributed by atoms with E-state index in [1.807, 2.05) is 0 Å². The van der Waals surface area contributed by atoms with Crippen LogP contribution in [0.15, 0.2) is 12.1 Å². The minimum Gasteiger partial charge on any atom is -0.462 e. The molecule has 1 heterocycles. The predicted octanol–water partition coefficient (Wildman–Crippen LogP) is 1.98. The Morgan fingerprint density at radius 3 is 2.85 bits per heavy atom. The molecule has 3 nitrogen and oxygen atoms in total. The van der Waals surface area contributed by atoms with E-state index in [-0.39, 0.29) is 5.97 Å². The molecule has 0 bridgehead atoms. The number of esters is 1. The second kappa shape index (κ2) is 4.39. The van der Waals surface area contributed by atoms with Gasteiger partial charge >= 0.3 is 5.97 Å². The molecule has 0 saturated carbocycles. The highest BCUT2D eigenvalue weighted by molar-refractivity contribution is 7.14. The van der Waals surface area contributed by atoms with Crippen LogP contribution in [0.1, 0.15) is 34.5 Å². The van der Waals surface area contributed by atoms with Crippen LogP contribution in [0.25, 0.3) is 0 Å². The fourth-order valence-electron chi connectivity index (χ4n) is 0.889. The fraction of sp³-hybridized carbons (Fsp3) is 0.444. The lowest BCUT2D eigenvalue weighted by molar-refractivity contribution is 0.0532. The topological polar surface area (TPSA) is 46.5 Å². The van der Waals surface area contributed by atoms with Crippen molar-refractivity contribution in [3.63, 3.8) is 0 Å². The number of aliphatic hydroxyl groups is 1. The Bertz CT molecular complexity index is 291. The van der Waals surface area contributed by atoms with Gasteiger partial charge in [0.15, 0.2) is 0 Å². The largest absolute Gasteiger partial charge is 0.462 e. The van der Waals surface area contributed by atoms with E-state index in [4.69, 9.17) is 4.74 Å². The van der Waals surface area contributed by atoms with Crippen LogP contribution in [0.4, 0.5) is 0 Å². The van der Waals surface area contributed by atoms with E-state index in [2.05, 4.69) is 0 Å². The molecule has 1 aromatic heterocycles. The lowest BCUT2D eigenvalue weighted by Crippen LogP contribution is -2.01. The highest BCUT2D eigenvalue weighted by atomic mass is 32.1. The summed E-state index contributed by atoms with van der Waals surface area (Å²) in [6.07, 6.45) is -0.520. The van der Waals surface area contributed by atoms with Gasteiger partial charge in [-0.2, -0.15) is 0 Å². The Labute approximate surface area is 81.0 Å². The van der Waals surface area contributed by atoms with Gasteiger partial charge in [-0.05, 0) is 26.0 Å². The van der Waals surface area contributed by atoms with Gasteiger partial charge in [-0.3, -0.25) is 0 Å². The Kier molecular flexibility index (Phi) is 3.45. The number of hydrogen-bond donors (Lipinski definition) is 1.